The van der Waals surface area contributed by atoms with Crippen LogP contribution in [-0.4, -0.2) is 63.1 Å². The van der Waals surface area contributed by atoms with Crippen molar-refractivity contribution in [2.24, 2.45) is 4.99 Å². The maximum atomic E-state index is 11.8. The minimum Gasteiger partial charge on any atom is -0.371 e. The summed E-state index contributed by atoms with van der Waals surface area (Å²) in [5.74, 6) is 0.756. The number of anilines is 1. The molecule has 2 rings (SSSR count). The van der Waals surface area contributed by atoms with Crippen molar-refractivity contribution in [3.8, 4) is 0 Å². The van der Waals surface area contributed by atoms with Crippen molar-refractivity contribution in [1.82, 2.24) is 15.5 Å². The number of rotatable bonds is 6. The molecule has 146 valence electrons. The third-order valence-electron chi connectivity index (χ3n) is 4.37. The molecule has 1 aliphatic heterocycles. The predicted molar refractivity (Wildman–Crippen MR) is 120 cm³/mol. The smallest absolute Gasteiger partial charge is 0.243 e. The van der Waals surface area contributed by atoms with Gasteiger partial charge in [0.25, 0.3) is 0 Å². The lowest BCUT2D eigenvalue weighted by atomic mass is 10.0. The molecule has 0 spiro atoms. The van der Waals surface area contributed by atoms with Crippen molar-refractivity contribution < 1.29 is 4.79 Å². The molecule has 0 aliphatic carbocycles. The van der Waals surface area contributed by atoms with Gasteiger partial charge in [0.05, 0.1) is 0 Å². The van der Waals surface area contributed by atoms with E-state index in [4.69, 9.17) is 0 Å². The number of aliphatic imine (C=N–C) groups is 1. The third kappa shape index (κ3) is 7.39. The van der Waals surface area contributed by atoms with Crippen LogP contribution in [0.3, 0.4) is 0 Å². The van der Waals surface area contributed by atoms with Crippen LogP contribution in [0.15, 0.2) is 35.3 Å². The molecular formula is C19H32IN5O. The Kier molecular flexibility index (Phi) is 10.4. The number of benzene rings is 1. The number of halogens is 1. The van der Waals surface area contributed by atoms with E-state index in [0.29, 0.717) is 6.04 Å². The molecular weight excluding hydrogens is 441 g/mol. The fourth-order valence-corrected chi connectivity index (χ4v) is 2.80. The lowest BCUT2D eigenvalue weighted by Crippen LogP contribution is -2.49. The number of carbonyl (C=O) groups excluding carboxylic acids is 1. The van der Waals surface area contributed by atoms with Crippen molar-refractivity contribution in [3.63, 3.8) is 0 Å². The van der Waals surface area contributed by atoms with E-state index in [0.717, 1.165) is 44.9 Å². The molecule has 1 aromatic carbocycles. The van der Waals surface area contributed by atoms with E-state index in [9.17, 15) is 4.79 Å². The monoisotopic (exact) mass is 473 g/mol. The van der Waals surface area contributed by atoms with E-state index in [-0.39, 0.29) is 36.4 Å². The molecule has 26 heavy (non-hydrogen) atoms. The Morgan fingerprint density at radius 1 is 1.23 bits per heavy atom. The van der Waals surface area contributed by atoms with Gasteiger partial charge in [-0.15, -0.1) is 24.0 Å². The van der Waals surface area contributed by atoms with Gasteiger partial charge in [0.2, 0.25) is 5.91 Å². The third-order valence-corrected chi connectivity index (χ3v) is 4.37. The summed E-state index contributed by atoms with van der Waals surface area (Å²) >= 11 is 0. The first-order valence-corrected chi connectivity index (χ1v) is 9.15. The summed E-state index contributed by atoms with van der Waals surface area (Å²) < 4.78 is 0. The summed E-state index contributed by atoms with van der Waals surface area (Å²) in [6.07, 6.45) is 3.14. The van der Waals surface area contributed by atoms with E-state index < -0.39 is 0 Å². The van der Waals surface area contributed by atoms with Gasteiger partial charge in [-0.3, -0.25) is 4.79 Å². The van der Waals surface area contributed by atoms with E-state index in [1.54, 1.807) is 19.0 Å². The van der Waals surface area contributed by atoms with E-state index in [1.165, 1.54) is 5.69 Å². The molecule has 0 bridgehead atoms. The molecule has 0 aromatic heterocycles. The second kappa shape index (κ2) is 12.0. The van der Waals surface area contributed by atoms with Gasteiger partial charge in [-0.05, 0) is 31.4 Å². The Morgan fingerprint density at radius 2 is 1.88 bits per heavy atom. The number of para-hydroxylation sites is 1. The van der Waals surface area contributed by atoms with Gasteiger partial charge >= 0.3 is 0 Å². The molecule has 1 aromatic rings. The Bertz CT molecular complexity index is 556. The normalized spacial score (nSPS) is 15.2. The summed E-state index contributed by atoms with van der Waals surface area (Å²) in [6, 6.07) is 10.9. The molecule has 0 radical (unpaired) electrons. The number of nitrogens with one attached hydrogen (secondary N) is 2. The van der Waals surface area contributed by atoms with Gasteiger partial charge in [0.1, 0.15) is 6.54 Å². The number of guanidine groups is 1. The van der Waals surface area contributed by atoms with Crippen LogP contribution in [0.5, 0.6) is 0 Å². The van der Waals surface area contributed by atoms with E-state index >= 15 is 0 Å². The summed E-state index contributed by atoms with van der Waals surface area (Å²) in [5, 5.41) is 6.81. The lowest BCUT2D eigenvalue weighted by molar-refractivity contribution is -0.127. The highest BCUT2D eigenvalue weighted by Crippen LogP contribution is 2.19. The molecule has 7 heteroatoms. The maximum absolute atomic E-state index is 11.8. The van der Waals surface area contributed by atoms with Crippen LogP contribution < -0.4 is 15.5 Å². The van der Waals surface area contributed by atoms with Crippen molar-refractivity contribution in [2.45, 2.75) is 32.2 Å². The number of carbonyl (C=O) groups is 1. The number of likely N-dealkylation sites (N-methyl/N-ethyl adjacent to an activating group) is 1. The fraction of sp³-hybridized carbons (Fsp3) is 0.579. The average Bonchev–Trinajstić information content (AvgIpc) is 2.64. The van der Waals surface area contributed by atoms with Crippen molar-refractivity contribution >= 4 is 41.5 Å². The van der Waals surface area contributed by atoms with Crippen molar-refractivity contribution in [1.29, 1.82) is 0 Å². The number of hydrogen-bond acceptors (Lipinski definition) is 3. The second-order valence-electron chi connectivity index (χ2n) is 6.62. The SMILES string of the molecule is CCCNC(=NCC(=O)N(C)C)NC1CCN(c2ccccc2)CC1.I. The van der Waals surface area contributed by atoms with Crippen LogP contribution in [0.2, 0.25) is 0 Å². The van der Waals surface area contributed by atoms with Crippen molar-refractivity contribution in [2.75, 3.05) is 45.2 Å². The quantitative estimate of drug-likeness (QED) is 0.378. The van der Waals surface area contributed by atoms with Gasteiger partial charge in [-0.2, -0.15) is 0 Å². The van der Waals surface area contributed by atoms with Gasteiger partial charge < -0.3 is 20.4 Å². The summed E-state index contributed by atoms with van der Waals surface area (Å²) in [6.45, 7) is 5.20. The van der Waals surface area contributed by atoms with Gasteiger partial charge in [-0.25, -0.2) is 4.99 Å². The highest BCUT2D eigenvalue weighted by Gasteiger charge is 2.20. The van der Waals surface area contributed by atoms with Crippen LogP contribution in [0.25, 0.3) is 0 Å². The fourth-order valence-electron chi connectivity index (χ4n) is 2.80. The minimum absolute atomic E-state index is 0. The van der Waals surface area contributed by atoms with E-state index in [2.05, 4.69) is 57.8 Å². The second-order valence-corrected chi connectivity index (χ2v) is 6.62. The van der Waals surface area contributed by atoms with Crippen LogP contribution in [-0.2, 0) is 4.79 Å². The lowest BCUT2D eigenvalue weighted by Gasteiger charge is -2.34. The molecule has 2 N–H and O–H groups in total. The minimum atomic E-state index is 0. The molecule has 1 heterocycles. The zero-order valence-corrected chi connectivity index (χ0v) is 18.4. The molecule has 1 aliphatic rings. The summed E-state index contributed by atoms with van der Waals surface area (Å²) in [7, 11) is 3.51. The first kappa shape index (κ1) is 22.5. The summed E-state index contributed by atoms with van der Waals surface area (Å²) in [5.41, 5.74) is 1.29. The van der Waals surface area contributed by atoms with Gasteiger partial charge in [0.15, 0.2) is 5.96 Å². The topological polar surface area (TPSA) is 60.0 Å². The average molecular weight is 473 g/mol. The Balaban J connectivity index is 0.00000338. The standard InChI is InChI=1S/C19H31N5O.HI/c1-4-12-20-19(21-15-18(25)23(2)3)22-16-10-13-24(14-11-16)17-8-6-5-7-9-17;/h5-9,16H,4,10-15H2,1-3H3,(H2,20,21,22);1H. The van der Waals surface area contributed by atoms with E-state index in [1.807, 2.05) is 0 Å². The Labute approximate surface area is 174 Å². The molecule has 6 nitrogen and oxygen atoms in total. The largest absolute Gasteiger partial charge is 0.371 e. The molecule has 0 saturated carbocycles. The van der Waals surface area contributed by atoms with Crippen LogP contribution in [0, 0.1) is 0 Å². The maximum Gasteiger partial charge on any atom is 0.243 e. The predicted octanol–water partition coefficient (Wildman–Crippen LogP) is 2.31. The molecule has 0 unspecified atom stereocenters. The number of nitrogens with zero attached hydrogens (tertiary/aromatic N) is 3. The number of amides is 1. The van der Waals surface area contributed by atoms with Crippen LogP contribution in [0.1, 0.15) is 26.2 Å². The molecule has 0 atom stereocenters. The Morgan fingerprint density at radius 3 is 2.46 bits per heavy atom. The summed E-state index contributed by atoms with van der Waals surface area (Å²) in [4.78, 5) is 20.2. The molecule has 1 saturated heterocycles. The highest BCUT2D eigenvalue weighted by molar-refractivity contribution is 14.0. The highest BCUT2D eigenvalue weighted by atomic mass is 127. The van der Waals surface area contributed by atoms with Gasteiger partial charge in [-0.1, -0.05) is 25.1 Å². The first-order valence-electron chi connectivity index (χ1n) is 9.15. The van der Waals surface area contributed by atoms with Crippen LogP contribution >= 0.6 is 24.0 Å². The molecule has 1 fully saturated rings. The zero-order valence-electron chi connectivity index (χ0n) is 16.1. The van der Waals surface area contributed by atoms with Crippen LogP contribution in [0.4, 0.5) is 5.69 Å². The number of hydrogen-bond donors (Lipinski definition) is 2. The Hall–Kier alpha value is -1.51. The van der Waals surface area contributed by atoms with Gasteiger partial charge in [0, 0.05) is 45.5 Å². The first-order chi connectivity index (χ1) is 12.1. The zero-order chi connectivity index (χ0) is 18.1. The molecule has 1 amide bonds. The van der Waals surface area contributed by atoms with Crippen molar-refractivity contribution in [3.05, 3.63) is 30.3 Å². The number of piperidine rings is 1.